The second-order valence-electron chi connectivity index (χ2n) is 11.2. The summed E-state index contributed by atoms with van der Waals surface area (Å²) in [4.78, 5) is 0. The Kier molecular flexibility index (Phi) is 19.7. The second kappa shape index (κ2) is 19.7. The minimum atomic E-state index is 0.864. The first-order chi connectivity index (χ1) is 14.4. The van der Waals surface area contributed by atoms with Crippen molar-refractivity contribution in [3.63, 3.8) is 0 Å². The van der Waals surface area contributed by atoms with Gasteiger partial charge in [0.1, 0.15) is 0 Å². The summed E-state index contributed by atoms with van der Waals surface area (Å²) >= 11 is 0. The predicted molar refractivity (Wildman–Crippen MR) is 140 cm³/mol. The van der Waals surface area contributed by atoms with E-state index in [9.17, 15) is 0 Å². The van der Waals surface area contributed by atoms with Crippen LogP contribution < -0.4 is 0 Å². The van der Waals surface area contributed by atoms with Crippen LogP contribution in [-0.4, -0.2) is 0 Å². The molecule has 0 saturated heterocycles. The van der Waals surface area contributed by atoms with E-state index >= 15 is 0 Å². The number of unbranched alkanes of at least 4 members (excludes halogenated alkanes) is 3. The average molecular weight is 423 g/mol. The van der Waals surface area contributed by atoms with Gasteiger partial charge < -0.3 is 0 Å². The molecule has 0 aromatic heterocycles. The highest BCUT2D eigenvalue weighted by Crippen LogP contribution is 2.32. The lowest BCUT2D eigenvalue weighted by molar-refractivity contribution is 0.222. The zero-order valence-corrected chi connectivity index (χ0v) is 22.8. The molecule has 0 aliphatic rings. The van der Waals surface area contributed by atoms with Crippen LogP contribution in [0.1, 0.15) is 158 Å². The van der Waals surface area contributed by atoms with E-state index in [0.717, 1.165) is 35.5 Å². The fraction of sp³-hybridized carbons (Fsp3) is 1.00. The summed E-state index contributed by atoms with van der Waals surface area (Å²) in [5, 5.41) is 0. The highest BCUT2D eigenvalue weighted by Gasteiger charge is 2.21. The predicted octanol–water partition coefficient (Wildman–Crippen LogP) is 11.1. The Morgan fingerprint density at radius 3 is 1.53 bits per heavy atom. The van der Waals surface area contributed by atoms with Crippen LogP contribution >= 0.6 is 0 Å². The summed E-state index contributed by atoms with van der Waals surface area (Å²) in [7, 11) is 0. The molecule has 0 bridgehead atoms. The van der Waals surface area contributed by atoms with Gasteiger partial charge in [-0.25, -0.2) is 0 Å². The monoisotopic (exact) mass is 422 g/mol. The van der Waals surface area contributed by atoms with Gasteiger partial charge in [0, 0.05) is 0 Å². The Morgan fingerprint density at radius 1 is 0.467 bits per heavy atom. The summed E-state index contributed by atoms with van der Waals surface area (Å²) in [6.07, 6.45) is 23.0. The Labute approximate surface area is 193 Å². The first-order valence-corrected chi connectivity index (χ1v) is 14.4. The molecule has 0 aliphatic carbocycles. The molecule has 0 N–H and O–H groups in total. The van der Waals surface area contributed by atoms with Gasteiger partial charge >= 0.3 is 0 Å². The largest absolute Gasteiger partial charge is 0.0654 e. The van der Waals surface area contributed by atoms with Gasteiger partial charge in [-0.1, -0.05) is 158 Å². The molecule has 0 radical (unpaired) electrons. The van der Waals surface area contributed by atoms with Crippen molar-refractivity contribution in [3.8, 4) is 0 Å². The summed E-state index contributed by atoms with van der Waals surface area (Å²) in [5.74, 6) is 5.59. The van der Waals surface area contributed by atoms with E-state index in [2.05, 4.69) is 55.4 Å². The van der Waals surface area contributed by atoms with E-state index in [1.807, 2.05) is 0 Å². The second-order valence-corrected chi connectivity index (χ2v) is 11.2. The van der Waals surface area contributed by atoms with Crippen LogP contribution in [0.4, 0.5) is 0 Å². The van der Waals surface area contributed by atoms with Crippen molar-refractivity contribution in [2.24, 2.45) is 35.5 Å². The van der Waals surface area contributed by atoms with Crippen LogP contribution in [0.15, 0.2) is 0 Å². The minimum absolute atomic E-state index is 0.864. The van der Waals surface area contributed by atoms with Crippen LogP contribution in [0.5, 0.6) is 0 Å². The van der Waals surface area contributed by atoms with Gasteiger partial charge in [0.15, 0.2) is 0 Å². The first-order valence-electron chi connectivity index (χ1n) is 14.4. The Hall–Kier alpha value is 0. The molecule has 0 amide bonds. The van der Waals surface area contributed by atoms with Gasteiger partial charge in [0.2, 0.25) is 0 Å². The topological polar surface area (TPSA) is 0 Å². The quantitative estimate of drug-likeness (QED) is 0.161. The molecule has 4 unspecified atom stereocenters. The highest BCUT2D eigenvalue weighted by molar-refractivity contribution is 4.72. The molecule has 30 heavy (non-hydrogen) atoms. The average Bonchev–Trinajstić information content (AvgIpc) is 2.72. The van der Waals surface area contributed by atoms with E-state index in [0.29, 0.717) is 0 Å². The molecule has 0 heterocycles. The van der Waals surface area contributed by atoms with Crippen LogP contribution in [0, 0.1) is 35.5 Å². The van der Waals surface area contributed by atoms with Crippen LogP contribution in [0.25, 0.3) is 0 Å². The standard InChI is InChI=1S/C30H62/c1-9-13-20-26(7)27(8)29(12-4)22-15-14-16-23-30(25(5)6)24-17-21-28(18-10-2)19-11-3/h25-30H,9-24H2,1-8H3. The van der Waals surface area contributed by atoms with Crippen molar-refractivity contribution in [2.75, 3.05) is 0 Å². The molecule has 0 heteroatoms. The molecule has 0 nitrogen and oxygen atoms in total. The molecule has 0 rings (SSSR count). The summed E-state index contributed by atoms with van der Waals surface area (Å²) in [6, 6.07) is 0. The molecule has 182 valence electrons. The van der Waals surface area contributed by atoms with E-state index in [4.69, 9.17) is 0 Å². The summed E-state index contributed by atoms with van der Waals surface area (Å²) in [6.45, 7) is 19.4. The van der Waals surface area contributed by atoms with Crippen LogP contribution in [-0.2, 0) is 0 Å². The smallest absolute Gasteiger partial charge is 0.0389 e. The Bertz CT molecular complexity index is 338. The minimum Gasteiger partial charge on any atom is -0.0654 e. The third-order valence-electron chi connectivity index (χ3n) is 8.35. The third-order valence-corrected chi connectivity index (χ3v) is 8.35. The molecule has 0 aromatic rings. The molecule has 0 aromatic carbocycles. The number of rotatable bonds is 21. The lowest BCUT2D eigenvalue weighted by Gasteiger charge is -2.28. The van der Waals surface area contributed by atoms with Crippen molar-refractivity contribution < 1.29 is 0 Å². The Balaban J connectivity index is 4.16. The Morgan fingerprint density at radius 2 is 1.03 bits per heavy atom. The summed E-state index contributed by atoms with van der Waals surface area (Å²) in [5.41, 5.74) is 0. The first kappa shape index (κ1) is 30.0. The van der Waals surface area contributed by atoms with Crippen molar-refractivity contribution in [1.82, 2.24) is 0 Å². The maximum atomic E-state index is 2.54. The van der Waals surface area contributed by atoms with Gasteiger partial charge in [0.05, 0.1) is 0 Å². The summed E-state index contributed by atoms with van der Waals surface area (Å²) < 4.78 is 0. The highest BCUT2D eigenvalue weighted by atomic mass is 14.3. The van der Waals surface area contributed by atoms with Gasteiger partial charge in [-0.15, -0.1) is 0 Å². The lowest BCUT2D eigenvalue weighted by Crippen LogP contribution is -2.18. The third kappa shape index (κ3) is 14.1. The van der Waals surface area contributed by atoms with Crippen LogP contribution in [0.2, 0.25) is 0 Å². The van der Waals surface area contributed by atoms with Gasteiger partial charge in [-0.2, -0.15) is 0 Å². The van der Waals surface area contributed by atoms with E-state index in [-0.39, 0.29) is 0 Å². The van der Waals surface area contributed by atoms with E-state index in [1.54, 1.807) is 0 Å². The molecule has 4 atom stereocenters. The molecule has 0 aliphatic heterocycles. The molecular weight excluding hydrogens is 360 g/mol. The molecule has 0 fully saturated rings. The molecular formula is C30H62. The lowest BCUT2D eigenvalue weighted by atomic mass is 9.77. The fourth-order valence-corrected chi connectivity index (χ4v) is 5.81. The van der Waals surface area contributed by atoms with Gasteiger partial charge in [-0.3, -0.25) is 0 Å². The maximum absolute atomic E-state index is 2.54. The van der Waals surface area contributed by atoms with E-state index in [1.165, 1.54) is 103 Å². The molecule has 0 saturated carbocycles. The van der Waals surface area contributed by atoms with Gasteiger partial charge in [0.25, 0.3) is 0 Å². The van der Waals surface area contributed by atoms with Crippen molar-refractivity contribution in [2.45, 2.75) is 158 Å². The zero-order chi connectivity index (χ0) is 22.8. The van der Waals surface area contributed by atoms with Crippen molar-refractivity contribution in [1.29, 1.82) is 0 Å². The number of hydrogen-bond donors (Lipinski definition) is 0. The van der Waals surface area contributed by atoms with Crippen LogP contribution in [0.3, 0.4) is 0 Å². The van der Waals surface area contributed by atoms with Crippen molar-refractivity contribution >= 4 is 0 Å². The van der Waals surface area contributed by atoms with Gasteiger partial charge in [-0.05, 0) is 35.5 Å². The zero-order valence-electron chi connectivity index (χ0n) is 22.8. The normalized spacial score (nSPS) is 16.2. The van der Waals surface area contributed by atoms with Crippen molar-refractivity contribution in [3.05, 3.63) is 0 Å². The van der Waals surface area contributed by atoms with E-state index < -0.39 is 0 Å². The number of hydrogen-bond acceptors (Lipinski definition) is 0. The fourth-order valence-electron chi connectivity index (χ4n) is 5.81. The SMILES string of the molecule is CCCCC(C)C(C)C(CC)CCCCCC(CCCC(CCC)CCC)C(C)C. The molecule has 0 spiro atoms. The maximum Gasteiger partial charge on any atom is -0.0389 e.